The molecule has 6 heteroatoms. The van der Waals surface area contributed by atoms with Crippen LogP contribution in [0.4, 0.5) is 5.82 Å². The number of hydrogen-bond acceptors (Lipinski definition) is 5. The summed E-state index contributed by atoms with van der Waals surface area (Å²) in [6.07, 6.45) is 3.80. The first-order valence-electron chi connectivity index (χ1n) is 12.3. The minimum atomic E-state index is -0.880. The summed E-state index contributed by atoms with van der Waals surface area (Å²) in [5, 5.41) is 11.7. The fraction of sp³-hybridized carbons (Fsp3) is 0.429. The minimum Gasteiger partial charge on any atom is -0.389 e. The van der Waals surface area contributed by atoms with Crippen LogP contribution in [-0.2, 0) is 19.4 Å². The largest absolute Gasteiger partial charge is 0.389 e. The van der Waals surface area contributed by atoms with Crippen LogP contribution in [0.3, 0.4) is 0 Å². The summed E-state index contributed by atoms with van der Waals surface area (Å²) in [6.45, 7) is 9.14. The zero-order valence-corrected chi connectivity index (χ0v) is 20.8. The Hall–Kier alpha value is -2.96. The first-order chi connectivity index (χ1) is 16.2. The van der Waals surface area contributed by atoms with E-state index in [4.69, 9.17) is 21.4 Å². The Balaban J connectivity index is 1.80. The summed E-state index contributed by atoms with van der Waals surface area (Å²) >= 11 is 0. The smallest absolute Gasteiger partial charge is 0.152 e. The highest BCUT2D eigenvalue weighted by Crippen LogP contribution is 2.34. The Labute approximate surface area is 202 Å². The van der Waals surface area contributed by atoms with E-state index in [9.17, 15) is 5.11 Å². The van der Waals surface area contributed by atoms with Crippen LogP contribution < -0.4 is 11.5 Å². The molecule has 2 aromatic carbocycles. The summed E-state index contributed by atoms with van der Waals surface area (Å²) in [7, 11) is 0. The lowest BCUT2D eigenvalue weighted by molar-refractivity contribution is 0.0615. The lowest BCUT2D eigenvalue weighted by Gasteiger charge is -2.22. The van der Waals surface area contributed by atoms with Gasteiger partial charge in [0.15, 0.2) is 5.82 Å². The number of aromatic nitrogens is 3. The number of benzene rings is 2. The molecule has 6 nitrogen and oxygen atoms in total. The molecule has 4 aromatic rings. The van der Waals surface area contributed by atoms with Crippen molar-refractivity contribution in [2.75, 3.05) is 12.3 Å². The average molecular weight is 460 g/mol. The van der Waals surface area contributed by atoms with Crippen LogP contribution in [0.25, 0.3) is 21.9 Å². The zero-order chi connectivity index (χ0) is 24.5. The molecule has 0 saturated heterocycles. The highest BCUT2D eigenvalue weighted by atomic mass is 16.3. The second-order valence-corrected chi connectivity index (χ2v) is 10.1. The van der Waals surface area contributed by atoms with E-state index in [2.05, 4.69) is 60.9 Å². The molecule has 0 aliphatic rings. The van der Waals surface area contributed by atoms with Crippen molar-refractivity contribution in [3.8, 4) is 0 Å². The third-order valence-corrected chi connectivity index (χ3v) is 6.37. The van der Waals surface area contributed by atoms with E-state index in [0.717, 1.165) is 53.4 Å². The number of fused-ring (bicyclic) bond motifs is 3. The molecule has 4 rings (SSSR count). The zero-order valence-electron chi connectivity index (χ0n) is 20.8. The molecule has 0 spiro atoms. The van der Waals surface area contributed by atoms with Crippen molar-refractivity contribution < 1.29 is 5.11 Å². The average Bonchev–Trinajstić information content (AvgIpc) is 3.14. The highest BCUT2D eigenvalue weighted by Gasteiger charge is 2.24. The molecule has 34 heavy (non-hydrogen) atoms. The number of pyridine rings is 1. The Morgan fingerprint density at radius 3 is 2.35 bits per heavy atom. The normalized spacial score (nSPS) is 13.1. The Morgan fingerprint density at radius 2 is 1.71 bits per heavy atom. The number of anilines is 1. The van der Waals surface area contributed by atoms with Gasteiger partial charge in [-0.15, -0.1) is 0 Å². The summed E-state index contributed by atoms with van der Waals surface area (Å²) < 4.78 is 2.16. The van der Waals surface area contributed by atoms with Gasteiger partial charge < -0.3 is 21.1 Å². The van der Waals surface area contributed by atoms with Crippen LogP contribution in [0.1, 0.15) is 69.0 Å². The second-order valence-electron chi connectivity index (χ2n) is 10.1. The van der Waals surface area contributed by atoms with Crippen molar-refractivity contribution in [2.45, 2.75) is 71.4 Å². The molecule has 2 heterocycles. The van der Waals surface area contributed by atoms with Crippen molar-refractivity contribution >= 4 is 27.8 Å². The van der Waals surface area contributed by atoms with E-state index < -0.39 is 5.60 Å². The van der Waals surface area contributed by atoms with Crippen molar-refractivity contribution in [1.29, 1.82) is 0 Å². The fourth-order valence-electron chi connectivity index (χ4n) is 4.80. The van der Waals surface area contributed by atoms with Crippen molar-refractivity contribution in [2.24, 2.45) is 5.73 Å². The molecule has 0 radical (unpaired) electrons. The first kappa shape index (κ1) is 24.2. The number of rotatable bonds is 9. The van der Waals surface area contributed by atoms with E-state index in [1.807, 2.05) is 13.8 Å². The monoisotopic (exact) mass is 459 g/mol. The van der Waals surface area contributed by atoms with Gasteiger partial charge >= 0.3 is 0 Å². The van der Waals surface area contributed by atoms with Crippen LogP contribution in [0, 0.1) is 0 Å². The maximum Gasteiger partial charge on any atom is 0.152 e. The third-order valence-electron chi connectivity index (χ3n) is 6.37. The maximum absolute atomic E-state index is 10.7. The van der Waals surface area contributed by atoms with Crippen molar-refractivity contribution in [3.05, 3.63) is 65.0 Å². The molecule has 0 unspecified atom stereocenters. The number of aliphatic hydroxyl groups is 1. The predicted molar refractivity (Wildman–Crippen MR) is 141 cm³/mol. The molecule has 1 atom stereocenters. The van der Waals surface area contributed by atoms with Crippen LogP contribution >= 0.6 is 0 Å². The highest BCUT2D eigenvalue weighted by molar-refractivity contribution is 6.06. The number of imidazole rings is 1. The Kier molecular flexibility index (Phi) is 6.91. The lowest BCUT2D eigenvalue weighted by atomic mass is 10.0. The van der Waals surface area contributed by atoms with Gasteiger partial charge in [-0.3, -0.25) is 0 Å². The summed E-state index contributed by atoms with van der Waals surface area (Å²) in [5.74, 6) is 1.66. The predicted octanol–water partition coefficient (Wildman–Crippen LogP) is 4.93. The van der Waals surface area contributed by atoms with E-state index in [0.29, 0.717) is 18.9 Å². The second kappa shape index (κ2) is 9.72. The molecule has 0 bridgehead atoms. The molecule has 0 aliphatic heterocycles. The molecule has 0 aliphatic carbocycles. The summed E-state index contributed by atoms with van der Waals surface area (Å²) in [6, 6.07) is 15.0. The van der Waals surface area contributed by atoms with Gasteiger partial charge in [0.2, 0.25) is 0 Å². The van der Waals surface area contributed by atoms with Gasteiger partial charge in [-0.1, -0.05) is 56.7 Å². The van der Waals surface area contributed by atoms with Crippen LogP contribution in [0.5, 0.6) is 0 Å². The van der Waals surface area contributed by atoms with Crippen LogP contribution in [0.15, 0.2) is 42.5 Å². The number of nitrogen functional groups attached to an aromatic ring is 1. The molecule has 2 aromatic heterocycles. The van der Waals surface area contributed by atoms with E-state index in [1.165, 1.54) is 16.7 Å². The third kappa shape index (κ3) is 5.08. The molecule has 5 N–H and O–H groups in total. The molecular formula is C28H37N5O. The number of nitrogens with two attached hydrogens (primary N) is 2. The van der Waals surface area contributed by atoms with Gasteiger partial charge in [-0.2, -0.15) is 0 Å². The molecule has 0 amide bonds. The van der Waals surface area contributed by atoms with Crippen LogP contribution in [-0.4, -0.2) is 31.8 Å². The number of nitrogens with zero attached hydrogens (tertiary/aromatic N) is 3. The van der Waals surface area contributed by atoms with Gasteiger partial charge in [-0.05, 0) is 62.4 Å². The summed E-state index contributed by atoms with van der Waals surface area (Å²) in [4.78, 5) is 9.66. The SMILES string of the molecule is CCC[C@H](C)c1nc2c(N)nc3cc(Cc4ccc(CCN)cc4)ccc3c2n1CC(C)(C)O. The molecular weight excluding hydrogens is 422 g/mol. The van der Waals surface area contributed by atoms with Crippen LogP contribution in [0.2, 0.25) is 0 Å². The standard InChI is InChI=1S/C28H37N5O/c1-5-6-18(2)27-32-24-25(33(27)17-28(3,4)34)22-12-11-21(16-23(22)31-26(24)30)15-20-9-7-19(8-10-20)13-14-29/h7-12,16,18,34H,5-6,13-15,17,29H2,1-4H3,(H2,30,31)/t18-/m0/s1. The Bertz CT molecular complexity index is 1280. The first-order valence-corrected chi connectivity index (χ1v) is 12.3. The molecule has 0 saturated carbocycles. The Morgan fingerprint density at radius 1 is 1.03 bits per heavy atom. The lowest BCUT2D eigenvalue weighted by Crippen LogP contribution is -2.27. The van der Waals surface area contributed by atoms with E-state index in [1.54, 1.807) is 0 Å². The summed E-state index contributed by atoms with van der Waals surface area (Å²) in [5.41, 5.74) is 17.4. The fourth-order valence-corrected chi connectivity index (χ4v) is 4.80. The van der Waals surface area contributed by atoms with Crippen molar-refractivity contribution in [1.82, 2.24) is 14.5 Å². The van der Waals surface area contributed by atoms with Gasteiger partial charge in [-0.25, -0.2) is 9.97 Å². The van der Waals surface area contributed by atoms with Gasteiger partial charge in [0, 0.05) is 11.3 Å². The maximum atomic E-state index is 10.7. The van der Waals surface area contributed by atoms with Crippen molar-refractivity contribution in [3.63, 3.8) is 0 Å². The van der Waals surface area contributed by atoms with Gasteiger partial charge in [0.25, 0.3) is 0 Å². The van der Waals surface area contributed by atoms with E-state index >= 15 is 0 Å². The van der Waals surface area contributed by atoms with E-state index in [-0.39, 0.29) is 5.92 Å². The molecule has 180 valence electrons. The minimum absolute atomic E-state index is 0.260. The quantitative estimate of drug-likeness (QED) is 0.329. The molecule has 0 fully saturated rings. The van der Waals surface area contributed by atoms with Gasteiger partial charge in [0.05, 0.1) is 23.2 Å². The topological polar surface area (TPSA) is 103 Å². The van der Waals surface area contributed by atoms with Gasteiger partial charge in [0.1, 0.15) is 11.3 Å². The number of hydrogen-bond donors (Lipinski definition) is 3.